The molecule has 2 aromatic rings. The molecule has 0 spiro atoms. The molecule has 0 bridgehead atoms. The zero-order chi connectivity index (χ0) is 74.3. The van der Waals surface area contributed by atoms with E-state index in [2.05, 4.69) is 53.2 Å². The van der Waals surface area contributed by atoms with Crippen LogP contribution in [0.4, 0.5) is 0 Å². The Morgan fingerprint density at radius 1 is 0.364 bits per heavy atom. The summed E-state index contributed by atoms with van der Waals surface area (Å²) in [5, 5.41) is 37.8. The Labute approximate surface area is 586 Å². The van der Waals surface area contributed by atoms with Gasteiger partial charge in [0, 0.05) is 6.42 Å². The lowest BCUT2D eigenvalue weighted by molar-refractivity contribution is -0.137. The Kier molecular flexibility index (Phi) is 41.7. The summed E-state index contributed by atoms with van der Waals surface area (Å²) in [6.45, 7) is 19.3. The molecule has 99 heavy (non-hydrogen) atoms. The number of primary amides is 1. The van der Waals surface area contributed by atoms with Gasteiger partial charge in [-0.25, -0.2) is 0 Å². The normalized spacial score (nSPS) is 15.1. The van der Waals surface area contributed by atoms with E-state index in [1.165, 1.54) is 12.1 Å². The number of aromatic hydroxyl groups is 1. The van der Waals surface area contributed by atoms with Crippen LogP contribution in [0.2, 0.25) is 0 Å². The Balaban J connectivity index is 2.54. The maximum atomic E-state index is 14.8. The second kappa shape index (κ2) is 47.3. The highest BCUT2D eigenvalue weighted by atomic mass is 16.3. The molecule has 23 N–H and O–H groups in total. The number of amides is 11. The number of rotatable bonds is 50. The zero-order valence-electron chi connectivity index (χ0n) is 60.4. The third-order valence-corrected chi connectivity index (χ3v) is 17.1. The van der Waals surface area contributed by atoms with Crippen LogP contribution in [-0.4, -0.2) is 163 Å². The molecule has 2 rings (SSSR count). The third-order valence-electron chi connectivity index (χ3n) is 17.1. The number of benzene rings is 2. The summed E-state index contributed by atoms with van der Waals surface area (Å²) >= 11 is 0. The van der Waals surface area contributed by atoms with Gasteiger partial charge < -0.3 is 92.7 Å². The number of phenols is 1. The molecule has 0 heterocycles. The van der Waals surface area contributed by atoms with Gasteiger partial charge in [-0.3, -0.25) is 52.7 Å². The molecule has 0 aliphatic carbocycles. The van der Waals surface area contributed by atoms with Crippen molar-refractivity contribution in [2.24, 2.45) is 64.0 Å². The number of carbonyl (C=O) groups excluding carboxylic acids is 11. The Bertz CT molecular complexity index is 2810. The van der Waals surface area contributed by atoms with Crippen molar-refractivity contribution in [3.05, 3.63) is 65.7 Å². The van der Waals surface area contributed by atoms with Gasteiger partial charge in [0.05, 0.1) is 6.04 Å². The summed E-state index contributed by atoms with van der Waals surface area (Å²) < 4.78 is 0. The quantitative estimate of drug-likeness (QED) is 0.0414. The highest BCUT2D eigenvalue weighted by molar-refractivity contribution is 5.99. The molecule has 0 aliphatic rings. The van der Waals surface area contributed by atoms with Gasteiger partial charge in [0.25, 0.3) is 0 Å². The first-order valence-electron chi connectivity index (χ1n) is 35.6. The number of hydrogen-bond acceptors (Lipinski definition) is 17. The average Bonchev–Trinajstić information content (AvgIpc) is 0.870. The molecule has 2 aromatic carbocycles. The molecule has 0 saturated heterocycles. The van der Waals surface area contributed by atoms with Crippen molar-refractivity contribution < 1.29 is 57.8 Å². The number of unbranched alkanes of at least 4 members (excludes halogenated alkanes) is 4. The first kappa shape index (κ1) is 87.3. The molecular weight excluding hydrogens is 1270 g/mol. The van der Waals surface area contributed by atoms with Crippen LogP contribution in [0.1, 0.15) is 183 Å². The summed E-state index contributed by atoms with van der Waals surface area (Å²) in [5.74, 6) is -8.98. The van der Waals surface area contributed by atoms with Crippen LogP contribution < -0.4 is 87.6 Å². The van der Waals surface area contributed by atoms with Gasteiger partial charge in [-0.05, 0) is 182 Å². The van der Waals surface area contributed by atoms with Crippen molar-refractivity contribution in [2.75, 3.05) is 26.2 Å². The van der Waals surface area contributed by atoms with Crippen LogP contribution in [0.25, 0.3) is 0 Å². The Hall–Kier alpha value is -7.79. The van der Waals surface area contributed by atoms with Gasteiger partial charge in [-0.1, -0.05) is 118 Å². The Morgan fingerprint density at radius 3 is 1.06 bits per heavy atom. The molecule has 12 atom stereocenters. The van der Waals surface area contributed by atoms with Crippen molar-refractivity contribution in [3.8, 4) is 5.75 Å². The number of nitrogens with two attached hydrogens (primary N) is 6. The minimum atomic E-state index is -1.33. The highest BCUT2D eigenvalue weighted by Crippen LogP contribution is 2.18. The number of phenolic OH excluding ortho intramolecular Hbond substituents is 1. The molecule has 11 amide bonds. The fourth-order valence-electron chi connectivity index (χ4n) is 11.1. The SMILES string of the molecule is CC[C@H](C)[C@H](NC(=O)[C@H](CCCCN)NC(=O)[C@H](CCCCN)NC(=O)[C@H](Cc1ccccc1)NC(=O)[C@H](CC(C)C)NC(=O)[C@H](CCCCN)NC(=O)[C@@H](N)Cc1ccc(O)cc1)C(=O)N[C@@H](CC(C)C)C(=O)N[C@@H](CCCCN)C(=O)N[C@H](C(=O)N[C@@H](CC(C)C)C(N)=O)C(C)C. The summed E-state index contributed by atoms with van der Waals surface area (Å²) in [5.41, 5.74) is 36.7. The molecule has 0 aromatic heterocycles. The van der Waals surface area contributed by atoms with Gasteiger partial charge in [0.15, 0.2) is 0 Å². The van der Waals surface area contributed by atoms with E-state index in [0.717, 1.165) is 0 Å². The van der Waals surface area contributed by atoms with E-state index in [9.17, 15) is 57.8 Å². The van der Waals surface area contributed by atoms with E-state index in [0.29, 0.717) is 82.0 Å². The predicted molar refractivity (Wildman–Crippen MR) is 383 cm³/mol. The lowest BCUT2D eigenvalue weighted by atomic mass is 9.95. The third kappa shape index (κ3) is 33.8. The maximum absolute atomic E-state index is 14.8. The molecule has 0 aliphatic heterocycles. The summed E-state index contributed by atoms with van der Waals surface area (Å²) in [6, 6.07) is 1.94. The zero-order valence-corrected chi connectivity index (χ0v) is 60.4. The van der Waals surface area contributed by atoms with Crippen LogP contribution >= 0.6 is 0 Å². The molecule has 0 saturated carbocycles. The highest BCUT2D eigenvalue weighted by Gasteiger charge is 2.38. The minimum absolute atomic E-state index is 0.0150. The smallest absolute Gasteiger partial charge is 0.243 e. The van der Waals surface area contributed by atoms with Crippen LogP contribution in [0, 0.1) is 29.6 Å². The van der Waals surface area contributed by atoms with Crippen molar-refractivity contribution in [2.45, 2.75) is 251 Å². The number of hydrogen-bond donors (Lipinski definition) is 17. The molecule has 0 fully saturated rings. The second-order valence-corrected chi connectivity index (χ2v) is 27.7. The van der Waals surface area contributed by atoms with Crippen molar-refractivity contribution >= 4 is 65.0 Å². The van der Waals surface area contributed by atoms with Crippen LogP contribution in [0.15, 0.2) is 54.6 Å². The second-order valence-electron chi connectivity index (χ2n) is 27.7. The lowest BCUT2D eigenvalue weighted by Gasteiger charge is -2.30. The van der Waals surface area contributed by atoms with Gasteiger partial charge in [-0.15, -0.1) is 0 Å². The van der Waals surface area contributed by atoms with E-state index in [1.807, 2.05) is 48.5 Å². The first-order chi connectivity index (χ1) is 46.9. The van der Waals surface area contributed by atoms with Crippen molar-refractivity contribution in [1.29, 1.82) is 0 Å². The van der Waals surface area contributed by atoms with Gasteiger partial charge in [-0.2, -0.15) is 0 Å². The molecule has 0 radical (unpaired) electrons. The average molecular weight is 1390 g/mol. The topological polar surface area (TPSA) is 484 Å². The summed E-state index contributed by atoms with van der Waals surface area (Å²) in [4.78, 5) is 156. The fraction of sp³-hybridized carbons (Fsp3) is 0.676. The van der Waals surface area contributed by atoms with E-state index in [4.69, 9.17) is 34.4 Å². The van der Waals surface area contributed by atoms with E-state index < -0.39 is 143 Å². The molecule has 0 unspecified atom stereocenters. The molecule has 558 valence electrons. The fourth-order valence-corrected chi connectivity index (χ4v) is 11.1. The molecular formula is C71H122N16O12. The van der Waals surface area contributed by atoms with Gasteiger partial charge in [0.2, 0.25) is 65.0 Å². The van der Waals surface area contributed by atoms with E-state index in [1.54, 1.807) is 63.2 Å². The van der Waals surface area contributed by atoms with Crippen molar-refractivity contribution in [1.82, 2.24) is 53.2 Å². The van der Waals surface area contributed by atoms with E-state index in [-0.39, 0.29) is 94.4 Å². The predicted octanol–water partition coefficient (Wildman–Crippen LogP) is 1.19. The van der Waals surface area contributed by atoms with Crippen molar-refractivity contribution in [3.63, 3.8) is 0 Å². The number of carbonyl (C=O) groups is 11. The summed E-state index contributed by atoms with van der Waals surface area (Å²) in [7, 11) is 0. The minimum Gasteiger partial charge on any atom is -0.508 e. The van der Waals surface area contributed by atoms with Crippen LogP contribution in [0.3, 0.4) is 0 Å². The lowest BCUT2D eigenvalue weighted by Crippen LogP contribution is -2.62. The van der Waals surface area contributed by atoms with E-state index >= 15 is 0 Å². The van der Waals surface area contributed by atoms with Gasteiger partial charge in [0.1, 0.15) is 66.2 Å². The maximum Gasteiger partial charge on any atom is 0.243 e. The number of nitrogens with one attached hydrogen (secondary N) is 10. The summed E-state index contributed by atoms with van der Waals surface area (Å²) in [6.07, 6.45) is 4.88. The molecule has 28 heteroatoms. The van der Waals surface area contributed by atoms with Crippen LogP contribution in [-0.2, 0) is 65.6 Å². The Morgan fingerprint density at radius 2 is 0.677 bits per heavy atom. The van der Waals surface area contributed by atoms with Gasteiger partial charge >= 0.3 is 0 Å². The first-order valence-corrected chi connectivity index (χ1v) is 35.6. The monoisotopic (exact) mass is 1390 g/mol. The largest absolute Gasteiger partial charge is 0.508 e. The molecule has 28 nitrogen and oxygen atoms in total. The van der Waals surface area contributed by atoms with Crippen LogP contribution in [0.5, 0.6) is 5.75 Å². The standard InChI is InChI=1S/C71H122N16O12/c1-11-46(10)60(71(99)85-57(39-44(6)7)67(95)81-53(27-17-21-35-74)65(93)86-59(45(8)9)70(98)82-55(61(77)89)37-42(2)3)87-66(94)54(28-18-22-36-75)79-63(91)52(26-16-20-34-73)80-69(97)58(41-47-23-13-12-14-24-47)84-68(96)56(38-43(4)5)83-64(92)51(25-15-19-33-72)78-62(90)50(76)40-48-29-31-49(88)32-30-48/h12-14,23-24,29-32,42-46,50-60,88H,11,15-22,25-28,33-41,72-76H2,1-10H3,(H2,77,89)(H,78,90)(H,79,91)(H,80,97)(H,81,95)(H,82,98)(H,83,92)(H,84,96)(H,85,99)(H,86,93)(H,87,94)/t46-,50-,51-,52-,53-,54-,55-,56-,57-,58-,59-,60-/m0/s1.